The summed E-state index contributed by atoms with van der Waals surface area (Å²) in [5.74, 6) is 0.282. The molecule has 4 nitrogen and oxygen atoms in total. The van der Waals surface area contributed by atoms with Crippen molar-refractivity contribution in [2.24, 2.45) is 0 Å². The van der Waals surface area contributed by atoms with Crippen molar-refractivity contribution in [2.75, 3.05) is 5.88 Å². The zero-order chi connectivity index (χ0) is 13.1. The number of nitrogens with one attached hydrogen (secondary N) is 1. The van der Waals surface area contributed by atoms with E-state index in [-0.39, 0.29) is 5.88 Å². The van der Waals surface area contributed by atoms with E-state index < -0.39 is 12.2 Å². The molecule has 0 bridgehead atoms. The summed E-state index contributed by atoms with van der Waals surface area (Å²) in [6, 6.07) is 5.20. The highest BCUT2D eigenvalue weighted by Crippen LogP contribution is 2.25. The Morgan fingerprint density at radius 2 is 2.17 bits per heavy atom. The van der Waals surface area contributed by atoms with E-state index in [2.05, 4.69) is 4.98 Å². The molecule has 5 heteroatoms. The summed E-state index contributed by atoms with van der Waals surface area (Å²) in [6.45, 7) is 0. The van der Waals surface area contributed by atoms with Crippen molar-refractivity contribution in [3.05, 3.63) is 35.5 Å². The number of hydrogen-bond donors (Lipinski definition) is 3. The van der Waals surface area contributed by atoms with Gasteiger partial charge in [-0.2, -0.15) is 0 Å². The van der Waals surface area contributed by atoms with E-state index in [0.717, 1.165) is 17.2 Å². The third kappa shape index (κ3) is 2.41. The lowest BCUT2D eigenvalue weighted by molar-refractivity contribution is 0.0171. The van der Waals surface area contributed by atoms with Crippen molar-refractivity contribution >= 4 is 28.8 Å². The second-order valence-corrected chi connectivity index (χ2v) is 4.53. The summed E-state index contributed by atoms with van der Waals surface area (Å²) in [5, 5.41) is 20.4. The number of carbonyl (C=O) groups excluding carboxylic acids is 1. The van der Waals surface area contributed by atoms with Gasteiger partial charge in [0.2, 0.25) is 0 Å². The number of fused-ring (bicyclic) bond motifs is 1. The number of halogens is 1. The minimum Gasteiger partial charge on any atom is -0.390 e. The molecule has 0 radical (unpaired) electrons. The second-order valence-electron chi connectivity index (χ2n) is 4.16. The molecule has 1 aromatic carbocycles. The van der Waals surface area contributed by atoms with Crippen LogP contribution in [-0.2, 0) is 0 Å². The molecule has 3 N–H and O–H groups in total. The van der Waals surface area contributed by atoms with E-state index in [9.17, 15) is 15.0 Å². The van der Waals surface area contributed by atoms with Gasteiger partial charge in [0.1, 0.15) is 6.10 Å². The van der Waals surface area contributed by atoms with Gasteiger partial charge in [0.05, 0.1) is 6.10 Å². The van der Waals surface area contributed by atoms with Crippen molar-refractivity contribution in [1.29, 1.82) is 0 Å². The molecule has 1 aromatic heterocycles. The number of aromatic amines is 1. The number of alkyl halides is 1. The van der Waals surface area contributed by atoms with Gasteiger partial charge in [-0.3, -0.25) is 4.79 Å². The van der Waals surface area contributed by atoms with Crippen LogP contribution in [0, 0.1) is 0 Å². The summed E-state index contributed by atoms with van der Waals surface area (Å²) in [6.07, 6.45) is 0.780. The quantitative estimate of drug-likeness (QED) is 0.573. The highest BCUT2D eigenvalue weighted by Gasteiger charge is 2.18. The van der Waals surface area contributed by atoms with Crippen molar-refractivity contribution < 1.29 is 15.0 Å². The highest BCUT2D eigenvalue weighted by molar-refractivity contribution is 6.17. The van der Waals surface area contributed by atoms with Crippen LogP contribution in [0.3, 0.4) is 0 Å². The Hall–Kier alpha value is -1.36. The Balaban J connectivity index is 2.36. The molecular formula is C13H14ClNO3. The molecule has 0 amide bonds. The Labute approximate surface area is 109 Å². The molecule has 2 rings (SSSR count). The van der Waals surface area contributed by atoms with Gasteiger partial charge in [0.25, 0.3) is 0 Å². The first-order valence-electron chi connectivity index (χ1n) is 5.65. The molecular weight excluding hydrogens is 254 g/mol. The Bertz CT molecular complexity index is 552. The van der Waals surface area contributed by atoms with E-state index in [4.69, 9.17) is 11.6 Å². The van der Waals surface area contributed by atoms with Crippen molar-refractivity contribution in [1.82, 2.24) is 4.98 Å². The van der Waals surface area contributed by atoms with E-state index in [0.29, 0.717) is 17.5 Å². The average Bonchev–Trinajstić information content (AvgIpc) is 2.80. The molecule has 1 heterocycles. The van der Waals surface area contributed by atoms with Gasteiger partial charge >= 0.3 is 0 Å². The van der Waals surface area contributed by atoms with Gasteiger partial charge in [0.15, 0.2) is 6.29 Å². The molecule has 2 unspecified atom stereocenters. The Morgan fingerprint density at radius 1 is 1.39 bits per heavy atom. The first-order chi connectivity index (χ1) is 8.67. The van der Waals surface area contributed by atoms with Gasteiger partial charge in [-0.1, -0.05) is 6.07 Å². The van der Waals surface area contributed by atoms with Crippen LogP contribution < -0.4 is 0 Å². The lowest BCUT2D eigenvalue weighted by atomic mass is 10.0. The maximum absolute atomic E-state index is 10.8. The number of aliphatic hydroxyl groups is 2. The van der Waals surface area contributed by atoms with Crippen LogP contribution in [0.5, 0.6) is 0 Å². The maximum atomic E-state index is 10.8. The van der Waals surface area contributed by atoms with Crippen LogP contribution in [-0.4, -0.2) is 33.5 Å². The van der Waals surface area contributed by atoms with E-state index in [1.807, 2.05) is 0 Å². The molecule has 96 valence electrons. The molecule has 2 atom stereocenters. The van der Waals surface area contributed by atoms with E-state index in [1.54, 1.807) is 24.4 Å². The zero-order valence-corrected chi connectivity index (χ0v) is 10.4. The molecule has 0 fully saturated rings. The Morgan fingerprint density at radius 3 is 2.83 bits per heavy atom. The third-order valence-corrected chi connectivity index (χ3v) is 3.19. The summed E-state index contributed by atoms with van der Waals surface area (Å²) in [7, 11) is 0. The van der Waals surface area contributed by atoms with E-state index >= 15 is 0 Å². The summed E-state index contributed by atoms with van der Waals surface area (Å²) in [4.78, 5) is 13.8. The number of hydrogen-bond acceptors (Lipinski definition) is 3. The minimum absolute atomic E-state index is 0.282. The number of H-pyrrole nitrogens is 1. The number of aliphatic hydroxyl groups excluding tert-OH is 2. The molecule has 0 spiro atoms. The predicted molar refractivity (Wildman–Crippen MR) is 70.0 cm³/mol. The smallest absolute Gasteiger partial charge is 0.152 e. The second kappa shape index (κ2) is 5.52. The van der Waals surface area contributed by atoms with E-state index in [1.165, 1.54) is 0 Å². The zero-order valence-electron chi connectivity index (χ0n) is 9.64. The monoisotopic (exact) mass is 267 g/mol. The summed E-state index contributed by atoms with van der Waals surface area (Å²) < 4.78 is 0. The first-order valence-corrected chi connectivity index (χ1v) is 6.19. The summed E-state index contributed by atoms with van der Waals surface area (Å²) >= 11 is 5.53. The van der Waals surface area contributed by atoms with Gasteiger partial charge in [0, 0.05) is 28.5 Å². The van der Waals surface area contributed by atoms with Gasteiger partial charge in [-0.05, 0) is 24.1 Å². The predicted octanol–water partition coefficient (Wildman–Crippen LogP) is 2.00. The SMILES string of the molecule is O=Cc1c[nH]c2ccc(C(O)C(O)CCCl)cc12. The number of aromatic nitrogens is 1. The van der Waals surface area contributed by atoms with Gasteiger partial charge in [-0.15, -0.1) is 11.6 Å². The van der Waals surface area contributed by atoms with Crippen LogP contribution in [0.25, 0.3) is 10.9 Å². The first kappa shape index (κ1) is 13.1. The summed E-state index contributed by atoms with van der Waals surface area (Å²) in [5.41, 5.74) is 1.92. The molecule has 0 saturated heterocycles. The molecule has 2 aromatic rings. The molecule has 18 heavy (non-hydrogen) atoms. The number of carbonyl (C=O) groups is 1. The van der Waals surface area contributed by atoms with Crippen molar-refractivity contribution in [2.45, 2.75) is 18.6 Å². The normalized spacial score (nSPS) is 14.6. The van der Waals surface area contributed by atoms with Crippen LogP contribution in [0.2, 0.25) is 0 Å². The number of rotatable bonds is 5. The van der Waals surface area contributed by atoms with Crippen LogP contribution in [0.15, 0.2) is 24.4 Å². The fourth-order valence-corrected chi connectivity index (χ4v) is 2.16. The van der Waals surface area contributed by atoms with Crippen LogP contribution in [0.4, 0.5) is 0 Å². The Kier molecular flexibility index (Phi) is 4.01. The molecule has 0 saturated carbocycles. The fourth-order valence-electron chi connectivity index (χ4n) is 1.93. The number of aldehydes is 1. The van der Waals surface area contributed by atoms with Crippen molar-refractivity contribution in [3.8, 4) is 0 Å². The van der Waals surface area contributed by atoms with Gasteiger partial charge in [-0.25, -0.2) is 0 Å². The maximum Gasteiger partial charge on any atom is 0.152 e. The standard InChI is InChI=1S/C13H14ClNO3/c14-4-3-12(17)13(18)8-1-2-11-10(5-8)9(7-16)6-15-11/h1-2,5-7,12-13,15,17-18H,3-4H2. The largest absolute Gasteiger partial charge is 0.390 e. The topological polar surface area (TPSA) is 73.3 Å². The lowest BCUT2D eigenvalue weighted by Crippen LogP contribution is -2.18. The fraction of sp³-hybridized carbons (Fsp3) is 0.308. The van der Waals surface area contributed by atoms with Crippen LogP contribution >= 0.6 is 11.6 Å². The molecule has 0 aliphatic rings. The number of benzene rings is 1. The molecule has 0 aliphatic carbocycles. The molecule has 0 aliphatic heterocycles. The minimum atomic E-state index is -0.998. The average molecular weight is 268 g/mol. The lowest BCUT2D eigenvalue weighted by Gasteiger charge is -2.17. The third-order valence-electron chi connectivity index (χ3n) is 2.98. The van der Waals surface area contributed by atoms with Crippen LogP contribution in [0.1, 0.15) is 28.4 Å². The highest BCUT2D eigenvalue weighted by atomic mass is 35.5. The van der Waals surface area contributed by atoms with Crippen molar-refractivity contribution in [3.63, 3.8) is 0 Å². The van der Waals surface area contributed by atoms with Gasteiger partial charge < -0.3 is 15.2 Å².